The summed E-state index contributed by atoms with van der Waals surface area (Å²) in [7, 11) is 0. The van der Waals surface area contributed by atoms with E-state index in [9.17, 15) is 18.0 Å². The number of fused-ring (bicyclic) bond motifs is 1. The summed E-state index contributed by atoms with van der Waals surface area (Å²) in [5.74, 6) is 0.605. The van der Waals surface area contributed by atoms with Gasteiger partial charge in [0.2, 0.25) is 5.91 Å². The molecule has 4 rings (SSSR count). The van der Waals surface area contributed by atoms with Crippen molar-refractivity contribution < 1.29 is 18.0 Å². The summed E-state index contributed by atoms with van der Waals surface area (Å²) < 4.78 is 39.5. The summed E-state index contributed by atoms with van der Waals surface area (Å²) in [6.45, 7) is 0.780. The number of carbonyl (C=O) groups excluding carboxylic acids is 1. The van der Waals surface area contributed by atoms with Gasteiger partial charge < -0.3 is 15.2 Å². The summed E-state index contributed by atoms with van der Waals surface area (Å²) in [5.41, 5.74) is 1.22. The smallest absolute Gasteiger partial charge is 0.341 e. The largest absolute Gasteiger partial charge is 0.416 e. The van der Waals surface area contributed by atoms with Gasteiger partial charge in [0.05, 0.1) is 23.1 Å². The van der Waals surface area contributed by atoms with Gasteiger partial charge in [0.15, 0.2) is 0 Å². The zero-order valence-corrected chi connectivity index (χ0v) is 15.0. The average Bonchev–Trinajstić information content (AvgIpc) is 3.22. The van der Waals surface area contributed by atoms with Crippen LogP contribution in [0.25, 0.3) is 11.0 Å². The molecule has 2 aromatic carbocycles. The summed E-state index contributed by atoms with van der Waals surface area (Å²) in [5, 5.41) is 3.27. The van der Waals surface area contributed by atoms with Gasteiger partial charge in [-0.05, 0) is 23.8 Å². The highest BCUT2D eigenvalue weighted by molar-refractivity contribution is 5.79. The van der Waals surface area contributed by atoms with Crippen molar-refractivity contribution in [1.29, 1.82) is 0 Å². The van der Waals surface area contributed by atoms with Crippen LogP contribution in [-0.4, -0.2) is 33.4 Å². The second-order valence-electron chi connectivity index (χ2n) is 6.91. The summed E-state index contributed by atoms with van der Waals surface area (Å²) in [4.78, 5) is 21.4. The standard InChI is InChI=1S/C20H19F3N4O/c21-20(22,23)15-6-2-1-5-13(15)11-27-12-14(9-19(27)28)24-10-18-25-16-7-3-4-8-17(16)26-18/h1-8,14,24H,9-12H2,(H,25,26). The maximum atomic E-state index is 13.2. The Morgan fingerprint density at radius 2 is 1.89 bits per heavy atom. The first kappa shape index (κ1) is 18.5. The van der Waals surface area contributed by atoms with E-state index in [0.717, 1.165) is 22.9 Å². The molecular formula is C20H19F3N4O. The molecule has 28 heavy (non-hydrogen) atoms. The fourth-order valence-corrected chi connectivity index (χ4v) is 3.53. The lowest BCUT2D eigenvalue weighted by atomic mass is 10.1. The van der Waals surface area contributed by atoms with Crippen LogP contribution >= 0.6 is 0 Å². The van der Waals surface area contributed by atoms with Crippen molar-refractivity contribution in [3.05, 3.63) is 65.5 Å². The van der Waals surface area contributed by atoms with Crippen LogP contribution in [0.2, 0.25) is 0 Å². The molecule has 0 spiro atoms. The molecule has 1 fully saturated rings. The van der Waals surface area contributed by atoms with Crippen molar-refractivity contribution in [3.8, 4) is 0 Å². The Hall–Kier alpha value is -2.87. The number of H-pyrrole nitrogens is 1. The van der Waals surface area contributed by atoms with E-state index in [1.807, 2.05) is 24.3 Å². The SMILES string of the molecule is O=C1CC(NCc2nc3ccccc3[nH]2)CN1Cc1ccccc1C(F)(F)F. The number of hydrogen-bond acceptors (Lipinski definition) is 3. The van der Waals surface area contributed by atoms with Crippen LogP contribution < -0.4 is 5.32 Å². The molecule has 1 aliphatic heterocycles. The van der Waals surface area contributed by atoms with Crippen molar-refractivity contribution in [1.82, 2.24) is 20.2 Å². The zero-order chi connectivity index (χ0) is 19.7. The van der Waals surface area contributed by atoms with E-state index in [4.69, 9.17) is 0 Å². The maximum Gasteiger partial charge on any atom is 0.416 e. The number of likely N-dealkylation sites (tertiary alicyclic amines) is 1. The molecule has 146 valence electrons. The minimum Gasteiger partial charge on any atom is -0.341 e. The van der Waals surface area contributed by atoms with Crippen molar-refractivity contribution in [2.75, 3.05) is 6.54 Å². The summed E-state index contributed by atoms with van der Waals surface area (Å²) >= 11 is 0. The van der Waals surface area contributed by atoms with E-state index in [-0.39, 0.29) is 30.5 Å². The van der Waals surface area contributed by atoms with Crippen LogP contribution in [0.3, 0.4) is 0 Å². The Bertz CT molecular complexity index is 965. The molecule has 0 radical (unpaired) electrons. The van der Waals surface area contributed by atoms with Gasteiger partial charge in [-0.25, -0.2) is 4.98 Å². The minimum absolute atomic E-state index is 0.0443. The van der Waals surface area contributed by atoms with Gasteiger partial charge >= 0.3 is 6.18 Å². The Morgan fingerprint density at radius 1 is 1.14 bits per heavy atom. The predicted molar refractivity (Wildman–Crippen MR) is 98.2 cm³/mol. The number of nitrogens with one attached hydrogen (secondary N) is 2. The number of benzene rings is 2. The van der Waals surface area contributed by atoms with E-state index in [1.165, 1.54) is 17.0 Å². The molecular weight excluding hydrogens is 369 g/mol. The molecule has 1 aromatic heterocycles. The van der Waals surface area contributed by atoms with Gasteiger partial charge in [0.1, 0.15) is 5.82 Å². The highest BCUT2D eigenvalue weighted by atomic mass is 19.4. The number of aromatic amines is 1. The molecule has 0 aliphatic carbocycles. The maximum absolute atomic E-state index is 13.2. The second-order valence-corrected chi connectivity index (χ2v) is 6.91. The normalized spacial score (nSPS) is 17.6. The van der Waals surface area contributed by atoms with Crippen molar-refractivity contribution in [3.63, 3.8) is 0 Å². The first-order valence-electron chi connectivity index (χ1n) is 9.00. The van der Waals surface area contributed by atoms with Crippen molar-refractivity contribution >= 4 is 16.9 Å². The number of nitrogens with zero attached hydrogens (tertiary/aromatic N) is 2. The third kappa shape index (κ3) is 3.87. The summed E-state index contributed by atoms with van der Waals surface area (Å²) in [6, 6.07) is 12.9. The highest BCUT2D eigenvalue weighted by Gasteiger charge is 2.35. The van der Waals surface area contributed by atoms with Gasteiger partial charge in [0, 0.05) is 25.6 Å². The second kappa shape index (κ2) is 7.27. The molecule has 1 aliphatic rings. The fourth-order valence-electron chi connectivity index (χ4n) is 3.53. The highest BCUT2D eigenvalue weighted by Crippen LogP contribution is 2.32. The third-order valence-corrected chi connectivity index (χ3v) is 4.90. The molecule has 8 heteroatoms. The van der Waals surface area contributed by atoms with Crippen molar-refractivity contribution in [2.24, 2.45) is 0 Å². The van der Waals surface area contributed by atoms with E-state index < -0.39 is 11.7 Å². The lowest BCUT2D eigenvalue weighted by molar-refractivity contribution is -0.139. The molecule has 5 nitrogen and oxygen atoms in total. The number of imidazole rings is 1. The topological polar surface area (TPSA) is 61.0 Å². The Labute approximate surface area is 159 Å². The minimum atomic E-state index is -4.43. The molecule has 0 saturated carbocycles. The molecule has 1 amide bonds. The third-order valence-electron chi connectivity index (χ3n) is 4.90. The van der Waals surface area contributed by atoms with Crippen LogP contribution in [0.5, 0.6) is 0 Å². The lowest BCUT2D eigenvalue weighted by Gasteiger charge is -2.20. The molecule has 1 atom stereocenters. The van der Waals surface area contributed by atoms with Crippen LogP contribution in [0.1, 0.15) is 23.4 Å². The van der Waals surface area contributed by atoms with Gasteiger partial charge in [-0.15, -0.1) is 0 Å². The molecule has 1 unspecified atom stereocenters. The zero-order valence-electron chi connectivity index (χ0n) is 15.0. The quantitative estimate of drug-likeness (QED) is 0.704. The number of halogens is 3. The van der Waals surface area contributed by atoms with Crippen LogP contribution in [0, 0.1) is 0 Å². The Kier molecular flexibility index (Phi) is 4.80. The number of amides is 1. The number of para-hydroxylation sites is 2. The fraction of sp³-hybridized carbons (Fsp3) is 0.300. The van der Waals surface area contributed by atoms with Crippen LogP contribution in [0.4, 0.5) is 13.2 Å². The number of alkyl halides is 3. The van der Waals surface area contributed by atoms with Gasteiger partial charge in [-0.1, -0.05) is 30.3 Å². The summed E-state index contributed by atoms with van der Waals surface area (Å²) in [6.07, 6.45) is -4.17. The predicted octanol–water partition coefficient (Wildman–Crippen LogP) is 3.47. The molecule has 0 bridgehead atoms. The number of aromatic nitrogens is 2. The Morgan fingerprint density at radius 3 is 2.68 bits per heavy atom. The van der Waals surface area contributed by atoms with E-state index in [2.05, 4.69) is 15.3 Å². The van der Waals surface area contributed by atoms with Gasteiger partial charge in [-0.3, -0.25) is 4.79 Å². The van der Waals surface area contributed by atoms with Crippen LogP contribution in [0.15, 0.2) is 48.5 Å². The Balaban J connectivity index is 1.39. The first-order valence-corrected chi connectivity index (χ1v) is 9.00. The van der Waals surface area contributed by atoms with Gasteiger partial charge in [0.25, 0.3) is 0 Å². The molecule has 3 aromatic rings. The van der Waals surface area contributed by atoms with E-state index in [0.29, 0.717) is 13.1 Å². The number of hydrogen-bond donors (Lipinski definition) is 2. The van der Waals surface area contributed by atoms with E-state index >= 15 is 0 Å². The van der Waals surface area contributed by atoms with Crippen LogP contribution in [-0.2, 0) is 24.1 Å². The number of carbonyl (C=O) groups is 1. The molecule has 1 saturated heterocycles. The molecule has 2 N–H and O–H groups in total. The number of rotatable bonds is 5. The van der Waals surface area contributed by atoms with Gasteiger partial charge in [-0.2, -0.15) is 13.2 Å². The molecule has 2 heterocycles. The lowest BCUT2D eigenvalue weighted by Crippen LogP contribution is -2.32. The average molecular weight is 388 g/mol. The van der Waals surface area contributed by atoms with Crippen molar-refractivity contribution in [2.45, 2.75) is 31.7 Å². The van der Waals surface area contributed by atoms with E-state index in [1.54, 1.807) is 6.07 Å². The first-order chi connectivity index (χ1) is 13.4. The monoisotopic (exact) mass is 388 g/mol.